The molecule has 2 aromatic carbocycles. The van der Waals surface area contributed by atoms with Crippen molar-refractivity contribution in [1.82, 2.24) is 19.8 Å². The van der Waals surface area contributed by atoms with Crippen molar-refractivity contribution in [3.8, 4) is 11.8 Å². The third-order valence-electron chi connectivity index (χ3n) is 7.53. The van der Waals surface area contributed by atoms with E-state index in [4.69, 9.17) is 31.1 Å². The van der Waals surface area contributed by atoms with Crippen LogP contribution in [0.5, 0.6) is 5.75 Å². The Labute approximate surface area is 303 Å². The van der Waals surface area contributed by atoms with Gasteiger partial charge in [0.25, 0.3) is 0 Å². The molecule has 3 aromatic rings. The predicted molar refractivity (Wildman–Crippen MR) is 194 cm³/mol. The van der Waals surface area contributed by atoms with Crippen molar-refractivity contribution in [3.63, 3.8) is 0 Å². The van der Waals surface area contributed by atoms with Crippen LogP contribution in [0.15, 0.2) is 48.8 Å². The number of carbonyl (C=O) groups excluding carboxylic acids is 3. The molecule has 272 valence electrons. The topological polar surface area (TPSA) is 162 Å². The van der Waals surface area contributed by atoms with E-state index >= 15 is 0 Å². The summed E-state index contributed by atoms with van der Waals surface area (Å²) in [5, 5.41) is 14.5. The molecule has 0 atom stereocenters. The number of carbonyl (C=O) groups is 3. The maximum atomic E-state index is 13.4. The second-order valence-electron chi connectivity index (χ2n) is 13.9. The standard InChI is InChI=1S/C36H45ClN8O6/c1-35(2,3)50-33(47)44-16-14-43(15-17-44)27-10-8-24(9-11-27)23-45(34(48)51-36(4,5)6)13-12-25-18-30(49-7)29(19-28(25)37)41-32(46)42-31-22-39-26(20-38)21-40-31/h8-11,18-19,21-22H,12-17,23H2,1-7H3,(H2,40,41,42,46). The van der Waals surface area contributed by atoms with Crippen molar-refractivity contribution in [2.45, 2.75) is 65.7 Å². The average molecular weight is 721 g/mol. The van der Waals surface area contributed by atoms with Gasteiger partial charge in [0.2, 0.25) is 0 Å². The van der Waals surface area contributed by atoms with Crippen LogP contribution < -0.4 is 20.3 Å². The second kappa shape index (κ2) is 16.6. The van der Waals surface area contributed by atoms with Crippen molar-refractivity contribution in [1.29, 1.82) is 5.26 Å². The lowest BCUT2D eigenvalue weighted by atomic mass is 10.1. The number of anilines is 3. The maximum absolute atomic E-state index is 13.4. The third-order valence-corrected chi connectivity index (χ3v) is 7.89. The Balaban J connectivity index is 1.41. The molecule has 1 aromatic heterocycles. The summed E-state index contributed by atoms with van der Waals surface area (Å²) in [5.74, 6) is 0.519. The van der Waals surface area contributed by atoms with E-state index in [2.05, 4.69) is 25.5 Å². The monoisotopic (exact) mass is 720 g/mol. The fourth-order valence-electron chi connectivity index (χ4n) is 5.10. The van der Waals surface area contributed by atoms with Crippen LogP contribution in [0.4, 0.5) is 31.6 Å². The van der Waals surface area contributed by atoms with Gasteiger partial charge >= 0.3 is 18.2 Å². The zero-order chi connectivity index (χ0) is 37.3. The first-order chi connectivity index (χ1) is 24.0. The summed E-state index contributed by atoms with van der Waals surface area (Å²) in [6.07, 6.45) is 2.13. The Morgan fingerprint density at radius 3 is 2.18 bits per heavy atom. The fraction of sp³-hybridized carbons (Fsp3) is 0.444. The van der Waals surface area contributed by atoms with E-state index in [-0.39, 0.29) is 24.1 Å². The number of aromatic nitrogens is 2. The first-order valence-electron chi connectivity index (χ1n) is 16.5. The highest BCUT2D eigenvalue weighted by atomic mass is 35.5. The molecule has 2 heterocycles. The van der Waals surface area contributed by atoms with Crippen LogP contribution in [0, 0.1) is 11.3 Å². The van der Waals surface area contributed by atoms with E-state index in [1.807, 2.05) is 71.9 Å². The van der Waals surface area contributed by atoms with Crippen LogP contribution in [-0.2, 0) is 22.4 Å². The number of nitrogens with zero attached hydrogens (tertiary/aromatic N) is 6. The first kappa shape index (κ1) is 38.5. The second-order valence-corrected chi connectivity index (χ2v) is 14.3. The molecule has 14 nitrogen and oxygen atoms in total. The van der Waals surface area contributed by atoms with Gasteiger partial charge in [0.1, 0.15) is 23.0 Å². The predicted octanol–water partition coefficient (Wildman–Crippen LogP) is 6.69. The highest BCUT2D eigenvalue weighted by Crippen LogP contribution is 2.32. The van der Waals surface area contributed by atoms with Gasteiger partial charge in [0, 0.05) is 50.0 Å². The van der Waals surface area contributed by atoms with Crippen LogP contribution >= 0.6 is 11.6 Å². The number of piperazine rings is 1. The van der Waals surface area contributed by atoms with Gasteiger partial charge in [0.15, 0.2) is 11.5 Å². The molecule has 0 spiro atoms. The van der Waals surface area contributed by atoms with Crippen molar-refractivity contribution in [2.24, 2.45) is 0 Å². The molecule has 1 fully saturated rings. The molecule has 1 aliphatic rings. The van der Waals surface area contributed by atoms with E-state index in [1.165, 1.54) is 19.5 Å². The Morgan fingerprint density at radius 1 is 0.941 bits per heavy atom. The van der Waals surface area contributed by atoms with Crippen molar-refractivity contribution in [2.75, 3.05) is 55.4 Å². The molecule has 4 rings (SSSR count). The number of methoxy groups -OCH3 is 1. The van der Waals surface area contributed by atoms with Gasteiger partial charge in [-0.2, -0.15) is 5.26 Å². The summed E-state index contributed by atoms with van der Waals surface area (Å²) >= 11 is 6.66. The molecule has 2 N–H and O–H groups in total. The lowest BCUT2D eigenvalue weighted by Crippen LogP contribution is -2.50. The molecule has 0 bridgehead atoms. The van der Waals surface area contributed by atoms with E-state index in [0.717, 1.165) is 11.3 Å². The number of nitriles is 1. The minimum atomic E-state index is -0.696. The number of benzene rings is 2. The lowest BCUT2D eigenvalue weighted by molar-refractivity contribution is 0.0227. The van der Waals surface area contributed by atoms with Crippen molar-refractivity contribution in [3.05, 3.63) is 70.6 Å². The molecule has 51 heavy (non-hydrogen) atoms. The number of urea groups is 1. The Morgan fingerprint density at radius 2 is 1.61 bits per heavy atom. The summed E-state index contributed by atoms with van der Waals surface area (Å²) in [7, 11) is 1.47. The van der Waals surface area contributed by atoms with E-state index in [9.17, 15) is 14.4 Å². The van der Waals surface area contributed by atoms with Crippen LogP contribution in [0.25, 0.3) is 0 Å². The van der Waals surface area contributed by atoms with Crippen molar-refractivity contribution >= 4 is 47.0 Å². The zero-order valence-electron chi connectivity index (χ0n) is 30.1. The summed E-state index contributed by atoms with van der Waals surface area (Å²) in [5.41, 5.74) is 1.85. The minimum Gasteiger partial charge on any atom is -0.495 e. The van der Waals surface area contributed by atoms with E-state index in [1.54, 1.807) is 21.9 Å². The molecule has 1 saturated heterocycles. The van der Waals surface area contributed by atoms with E-state index in [0.29, 0.717) is 61.2 Å². The van der Waals surface area contributed by atoms with Crippen LogP contribution in [-0.4, -0.2) is 89.0 Å². The summed E-state index contributed by atoms with van der Waals surface area (Å²) in [6, 6.07) is 12.5. The summed E-state index contributed by atoms with van der Waals surface area (Å²) in [6.45, 7) is 14.1. The molecule has 0 saturated carbocycles. The lowest BCUT2D eigenvalue weighted by Gasteiger charge is -2.36. The van der Waals surface area contributed by atoms with Gasteiger partial charge in [-0.1, -0.05) is 23.7 Å². The Kier molecular flexibility index (Phi) is 12.5. The van der Waals surface area contributed by atoms with Crippen molar-refractivity contribution < 1.29 is 28.6 Å². The normalized spacial score (nSPS) is 13.2. The Bertz CT molecular complexity index is 1720. The number of hydrogen-bond donors (Lipinski definition) is 2. The molecular weight excluding hydrogens is 676 g/mol. The number of rotatable bonds is 9. The summed E-state index contributed by atoms with van der Waals surface area (Å²) < 4.78 is 16.8. The molecule has 0 unspecified atom stereocenters. The fourth-order valence-corrected chi connectivity index (χ4v) is 5.36. The van der Waals surface area contributed by atoms with Crippen LogP contribution in [0.1, 0.15) is 58.4 Å². The van der Waals surface area contributed by atoms with Gasteiger partial charge in [-0.05, 0) is 83.4 Å². The minimum absolute atomic E-state index is 0.122. The van der Waals surface area contributed by atoms with Gasteiger partial charge in [-0.3, -0.25) is 5.32 Å². The number of amides is 4. The quantitative estimate of drug-likeness (QED) is 0.244. The Hall–Kier alpha value is -5.29. The summed E-state index contributed by atoms with van der Waals surface area (Å²) in [4.78, 5) is 51.9. The van der Waals surface area contributed by atoms with Gasteiger partial charge in [-0.25, -0.2) is 24.4 Å². The van der Waals surface area contributed by atoms with Crippen LogP contribution in [0.3, 0.4) is 0 Å². The molecule has 1 aliphatic heterocycles. The molecule has 0 aliphatic carbocycles. The average Bonchev–Trinajstić information content (AvgIpc) is 3.06. The highest BCUT2D eigenvalue weighted by molar-refractivity contribution is 6.31. The van der Waals surface area contributed by atoms with Crippen LogP contribution in [0.2, 0.25) is 5.02 Å². The molecule has 15 heteroatoms. The molecular formula is C36H45ClN8O6. The largest absolute Gasteiger partial charge is 0.495 e. The SMILES string of the molecule is COc1cc(CCN(Cc2ccc(N3CCN(C(=O)OC(C)(C)C)CC3)cc2)C(=O)OC(C)(C)C)c(Cl)cc1NC(=O)Nc1cnc(C#N)cn1. The number of halogens is 1. The van der Waals surface area contributed by atoms with E-state index < -0.39 is 23.3 Å². The van der Waals surface area contributed by atoms with Gasteiger partial charge < -0.3 is 34.2 Å². The third kappa shape index (κ3) is 11.6. The smallest absolute Gasteiger partial charge is 0.410 e. The number of nitrogens with one attached hydrogen (secondary N) is 2. The van der Waals surface area contributed by atoms with Gasteiger partial charge in [0.05, 0.1) is 25.2 Å². The highest BCUT2D eigenvalue weighted by Gasteiger charge is 2.27. The molecule has 0 radical (unpaired) electrons. The number of hydrogen-bond acceptors (Lipinski definition) is 10. The molecule has 4 amide bonds. The maximum Gasteiger partial charge on any atom is 0.410 e. The number of ether oxygens (including phenoxy) is 3. The van der Waals surface area contributed by atoms with Gasteiger partial charge in [-0.15, -0.1) is 0 Å². The zero-order valence-corrected chi connectivity index (χ0v) is 30.8. The first-order valence-corrected chi connectivity index (χ1v) is 16.9.